The summed E-state index contributed by atoms with van der Waals surface area (Å²) in [7, 11) is 1.74. The second-order valence-electron chi connectivity index (χ2n) is 5.69. The number of fused-ring (bicyclic) bond motifs is 1. The molecule has 0 bridgehead atoms. The van der Waals surface area contributed by atoms with Crippen molar-refractivity contribution in [3.8, 4) is 0 Å². The summed E-state index contributed by atoms with van der Waals surface area (Å²) in [6.45, 7) is 2.52. The van der Waals surface area contributed by atoms with Gasteiger partial charge >= 0.3 is 0 Å². The Balaban J connectivity index is 1.91. The van der Waals surface area contributed by atoms with Gasteiger partial charge in [0.05, 0.1) is 0 Å². The number of hydrogen-bond donors (Lipinski definition) is 1. The lowest BCUT2D eigenvalue weighted by Crippen LogP contribution is -2.29. The number of amides is 1. The van der Waals surface area contributed by atoms with Crippen LogP contribution in [0.2, 0.25) is 0 Å². The van der Waals surface area contributed by atoms with Crippen LogP contribution < -0.4 is 5.56 Å². The number of hydrogen-bond acceptors (Lipinski definition) is 2. The molecule has 1 N–H and O–H groups in total. The standard InChI is InChI=1S/C19H18N2O2/c1-13-7-3-4-9-15(13)12-21(2)19(23)17-11-14-8-5-6-10-16(14)18(22)20-17/h3-11H,12H2,1-2H3,(H,20,22). The summed E-state index contributed by atoms with van der Waals surface area (Å²) >= 11 is 0. The molecule has 0 aliphatic rings. The van der Waals surface area contributed by atoms with E-state index in [1.54, 1.807) is 24.1 Å². The van der Waals surface area contributed by atoms with E-state index >= 15 is 0 Å². The second kappa shape index (κ2) is 6.08. The predicted octanol–water partition coefficient (Wildman–Crippen LogP) is 3.11. The van der Waals surface area contributed by atoms with Gasteiger partial charge in [-0.1, -0.05) is 42.5 Å². The largest absolute Gasteiger partial charge is 0.336 e. The Morgan fingerprint density at radius 2 is 1.78 bits per heavy atom. The van der Waals surface area contributed by atoms with Crippen molar-refractivity contribution >= 4 is 16.7 Å². The minimum atomic E-state index is -0.240. The Morgan fingerprint density at radius 3 is 2.57 bits per heavy atom. The summed E-state index contributed by atoms with van der Waals surface area (Å²) in [5.41, 5.74) is 2.30. The summed E-state index contributed by atoms with van der Waals surface area (Å²) in [5, 5.41) is 1.36. The second-order valence-corrected chi connectivity index (χ2v) is 5.69. The first-order chi connectivity index (χ1) is 11.1. The van der Waals surface area contributed by atoms with Crippen LogP contribution in [0.25, 0.3) is 10.8 Å². The highest BCUT2D eigenvalue weighted by Gasteiger charge is 2.15. The number of carbonyl (C=O) groups excluding carboxylic acids is 1. The Labute approximate surface area is 134 Å². The number of nitrogens with zero attached hydrogens (tertiary/aromatic N) is 1. The molecule has 0 saturated carbocycles. The molecule has 1 aromatic heterocycles. The molecule has 1 amide bonds. The number of aryl methyl sites for hydroxylation is 1. The number of carbonyl (C=O) groups is 1. The van der Waals surface area contributed by atoms with Gasteiger partial charge in [0.15, 0.2) is 0 Å². The Kier molecular flexibility index (Phi) is 3.98. The van der Waals surface area contributed by atoms with Crippen LogP contribution in [0.4, 0.5) is 0 Å². The highest BCUT2D eigenvalue weighted by molar-refractivity contribution is 5.96. The molecular formula is C19H18N2O2. The molecule has 0 radical (unpaired) electrons. The van der Waals surface area contributed by atoms with E-state index in [4.69, 9.17) is 0 Å². The first kappa shape index (κ1) is 15.0. The van der Waals surface area contributed by atoms with E-state index in [0.717, 1.165) is 16.5 Å². The molecule has 0 fully saturated rings. The summed E-state index contributed by atoms with van der Waals surface area (Å²) in [6.07, 6.45) is 0. The van der Waals surface area contributed by atoms with Crippen LogP contribution >= 0.6 is 0 Å². The first-order valence-electron chi connectivity index (χ1n) is 7.48. The summed E-state index contributed by atoms with van der Waals surface area (Å²) in [6, 6.07) is 16.9. The first-order valence-corrected chi connectivity index (χ1v) is 7.48. The Morgan fingerprint density at radius 1 is 1.09 bits per heavy atom. The maximum Gasteiger partial charge on any atom is 0.270 e. The molecule has 3 aromatic rings. The fraction of sp³-hybridized carbons (Fsp3) is 0.158. The summed E-state index contributed by atoms with van der Waals surface area (Å²) in [5.74, 6) is -0.198. The van der Waals surface area contributed by atoms with Crippen molar-refractivity contribution in [2.75, 3.05) is 7.05 Å². The van der Waals surface area contributed by atoms with Crippen LogP contribution in [-0.2, 0) is 6.54 Å². The van der Waals surface area contributed by atoms with Crippen LogP contribution in [0, 0.1) is 6.92 Å². The molecule has 0 saturated heterocycles. The molecule has 0 atom stereocenters. The van der Waals surface area contributed by atoms with Crippen molar-refractivity contribution in [3.05, 3.63) is 81.8 Å². The third-order valence-corrected chi connectivity index (χ3v) is 4.00. The fourth-order valence-corrected chi connectivity index (χ4v) is 2.65. The molecule has 4 nitrogen and oxygen atoms in total. The number of benzene rings is 2. The maximum atomic E-state index is 12.6. The number of nitrogens with one attached hydrogen (secondary N) is 1. The molecule has 4 heteroatoms. The minimum absolute atomic E-state index is 0.198. The van der Waals surface area contributed by atoms with Gasteiger partial charge in [-0.15, -0.1) is 0 Å². The zero-order chi connectivity index (χ0) is 16.4. The summed E-state index contributed by atoms with van der Waals surface area (Å²) < 4.78 is 0. The lowest BCUT2D eigenvalue weighted by molar-refractivity contribution is 0.0779. The van der Waals surface area contributed by atoms with E-state index in [-0.39, 0.29) is 11.5 Å². The van der Waals surface area contributed by atoms with Crippen LogP contribution in [0.3, 0.4) is 0 Å². The van der Waals surface area contributed by atoms with E-state index in [1.807, 2.05) is 49.4 Å². The fourth-order valence-electron chi connectivity index (χ4n) is 2.65. The number of aromatic amines is 1. The highest BCUT2D eigenvalue weighted by atomic mass is 16.2. The normalized spacial score (nSPS) is 10.7. The quantitative estimate of drug-likeness (QED) is 0.808. The average Bonchev–Trinajstić information content (AvgIpc) is 2.56. The minimum Gasteiger partial charge on any atom is -0.336 e. The van der Waals surface area contributed by atoms with Crippen molar-refractivity contribution in [2.24, 2.45) is 0 Å². The van der Waals surface area contributed by atoms with Crippen molar-refractivity contribution in [2.45, 2.75) is 13.5 Å². The third-order valence-electron chi connectivity index (χ3n) is 4.00. The topological polar surface area (TPSA) is 53.2 Å². The van der Waals surface area contributed by atoms with E-state index in [2.05, 4.69) is 4.98 Å². The van der Waals surface area contributed by atoms with Gasteiger partial charge in [0.1, 0.15) is 5.69 Å². The van der Waals surface area contributed by atoms with Crippen LogP contribution in [0.5, 0.6) is 0 Å². The molecule has 0 unspecified atom stereocenters. The van der Waals surface area contributed by atoms with Gasteiger partial charge in [-0.05, 0) is 35.6 Å². The van der Waals surface area contributed by atoms with Crippen LogP contribution in [-0.4, -0.2) is 22.8 Å². The monoisotopic (exact) mass is 306 g/mol. The van der Waals surface area contributed by atoms with Crippen molar-refractivity contribution in [1.29, 1.82) is 0 Å². The van der Waals surface area contributed by atoms with Crippen LogP contribution in [0.15, 0.2) is 59.4 Å². The number of aromatic nitrogens is 1. The van der Waals surface area contributed by atoms with Crippen molar-refractivity contribution < 1.29 is 4.79 Å². The Bertz CT molecular complexity index is 928. The lowest BCUT2D eigenvalue weighted by atomic mass is 10.1. The number of H-pyrrole nitrogens is 1. The predicted molar refractivity (Wildman–Crippen MR) is 91.5 cm³/mol. The van der Waals surface area contributed by atoms with Gasteiger partial charge in [0.2, 0.25) is 0 Å². The molecular weight excluding hydrogens is 288 g/mol. The SMILES string of the molecule is Cc1ccccc1CN(C)C(=O)c1cc2ccccc2c(=O)[nH]1. The highest BCUT2D eigenvalue weighted by Crippen LogP contribution is 2.14. The third kappa shape index (κ3) is 3.01. The van der Waals surface area contributed by atoms with Gasteiger partial charge in [-0.25, -0.2) is 0 Å². The van der Waals surface area contributed by atoms with E-state index in [0.29, 0.717) is 17.6 Å². The van der Waals surface area contributed by atoms with Gasteiger partial charge in [0, 0.05) is 19.0 Å². The molecule has 0 aliphatic carbocycles. The number of rotatable bonds is 3. The van der Waals surface area contributed by atoms with Crippen molar-refractivity contribution in [1.82, 2.24) is 9.88 Å². The molecule has 0 spiro atoms. The summed E-state index contributed by atoms with van der Waals surface area (Å²) in [4.78, 5) is 29.0. The van der Waals surface area contributed by atoms with E-state index < -0.39 is 0 Å². The van der Waals surface area contributed by atoms with Crippen LogP contribution in [0.1, 0.15) is 21.6 Å². The smallest absolute Gasteiger partial charge is 0.270 e. The number of pyridine rings is 1. The van der Waals surface area contributed by atoms with Gasteiger partial charge in [-0.2, -0.15) is 0 Å². The maximum absolute atomic E-state index is 12.6. The Hall–Kier alpha value is -2.88. The van der Waals surface area contributed by atoms with Gasteiger partial charge in [-0.3, -0.25) is 9.59 Å². The zero-order valence-electron chi connectivity index (χ0n) is 13.2. The zero-order valence-corrected chi connectivity index (χ0v) is 13.2. The molecule has 0 aliphatic heterocycles. The molecule has 3 rings (SSSR count). The van der Waals surface area contributed by atoms with Gasteiger partial charge in [0.25, 0.3) is 11.5 Å². The van der Waals surface area contributed by atoms with Gasteiger partial charge < -0.3 is 9.88 Å². The van der Waals surface area contributed by atoms with Crippen molar-refractivity contribution in [3.63, 3.8) is 0 Å². The molecule has 23 heavy (non-hydrogen) atoms. The van der Waals surface area contributed by atoms with E-state index in [9.17, 15) is 9.59 Å². The average molecular weight is 306 g/mol. The van der Waals surface area contributed by atoms with E-state index in [1.165, 1.54) is 0 Å². The molecule has 2 aromatic carbocycles. The molecule has 1 heterocycles. The molecule has 116 valence electrons. The lowest BCUT2D eigenvalue weighted by Gasteiger charge is -2.18.